The number of carbonyl (C=O) groups is 2. The number of rotatable bonds is 7. The molecule has 1 heterocycles. The minimum Gasteiger partial charge on any atom is -0.350 e. The second-order valence-electron chi connectivity index (χ2n) is 4.61. The van der Waals surface area contributed by atoms with Crippen LogP contribution in [0.5, 0.6) is 0 Å². The molecule has 0 unspecified atom stereocenters. The topological polar surface area (TPSA) is 115 Å². The molecule has 1 aromatic heterocycles. The van der Waals surface area contributed by atoms with Gasteiger partial charge < -0.3 is 11.1 Å². The highest BCUT2D eigenvalue weighted by Gasteiger charge is 2.08. The number of hydrogen-bond donors (Lipinski definition) is 3. The molecule has 0 fully saturated rings. The van der Waals surface area contributed by atoms with E-state index in [1.54, 1.807) is 0 Å². The fourth-order valence-corrected chi connectivity index (χ4v) is 1.75. The largest absolute Gasteiger partial charge is 0.350 e. The highest BCUT2D eigenvalue weighted by Crippen LogP contribution is 1.99. The molecular weight excluding hydrogens is 320 g/mol. The smallest absolute Gasteiger partial charge is 0.248 e. The Bertz CT molecular complexity index is 631. The zero-order valence-electron chi connectivity index (χ0n) is 12.4. The summed E-state index contributed by atoms with van der Waals surface area (Å²) < 4.78 is 1.36. The number of nitrogens with one attached hydrogen (secondary N) is 2. The molecule has 2 amide bonds. The lowest BCUT2D eigenvalue weighted by Crippen LogP contribution is -2.27. The lowest BCUT2D eigenvalue weighted by Gasteiger charge is -2.05. The Morgan fingerprint density at radius 2 is 1.91 bits per heavy atom. The molecule has 0 aliphatic carbocycles. The Balaban J connectivity index is 0.00000264. The molecule has 0 saturated carbocycles. The van der Waals surface area contributed by atoms with Gasteiger partial charge in [-0.3, -0.25) is 14.9 Å². The van der Waals surface area contributed by atoms with E-state index in [1.807, 2.05) is 30.3 Å². The van der Waals surface area contributed by atoms with Crippen molar-refractivity contribution in [2.45, 2.75) is 19.5 Å². The summed E-state index contributed by atoms with van der Waals surface area (Å²) in [5.74, 6) is -0.281. The number of amides is 2. The van der Waals surface area contributed by atoms with Gasteiger partial charge in [0.15, 0.2) is 0 Å². The van der Waals surface area contributed by atoms with Gasteiger partial charge in [0.05, 0.1) is 0 Å². The van der Waals surface area contributed by atoms with E-state index < -0.39 is 0 Å². The zero-order chi connectivity index (χ0) is 15.8. The van der Waals surface area contributed by atoms with Crippen molar-refractivity contribution in [2.24, 2.45) is 5.73 Å². The van der Waals surface area contributed by atoms with Crippen LogP contribution in [0.15, 0.2) is 36.7 Å². The fraction of sp³-hybridized carbons (Fsp3) is 0.286. The maximum absolute atomic E-state index is 11.8. The second kappa shape index (κ2) is 9.54. The third-order valence-electron chi connectivity index (χ3n) is 2.80. The summed E-state index contributed by atoms with van der Waals surface area (Å²) >= 11 is 0. The molecule has 0 bridgehead atoms. The summed E-state index contributed by atoms with van der Waals surface area (Å²) in [6, 6.07) is 9.60. The van der Waals surface area contributed by atoms with E-state index in [9.17, 15) is 9.59 Å². The third-order valence-corrected chi connectivity index (χ3v) is 2.80. The Morgan fingerprint density at radius 3 is 2.61 bits per heavy atom. The molecular formula is C14H19ClN6O2. The Kier molecular flexibility index (Phi) is 7.72. The molecule has 124 valence electrons. The summed E-state index contributed by atoms with van der Waals surface area (Å²) in [6.45, 7) is 0.746. The van der Waals surface area contributed by atoms with Crippen molar-refractivity contribution in [3.63, 3.8) is 0 Å². The van der Waals surface area contributed by atoms with Crippen LogP contribution in [-0.2, 0) is 22.7 Å². The van der Waals surface area contributed by atoms with Crippen LogP contribution in [0.2, 0.25) is 0 Å². The molecule has 0 saturated heterocycles. The maximum atomic E-state index is 11.8. The highest BCUT2D eigenvalue weighted by molar-refractivity contribution is 5.88. The summed E-state index contributed by atoms with van der Waals surface area (Å²) in [5, 5.41) is 9.29. The van der Waals surface area contributed by atoms with Gasteiger partial charge in [-0.2, -0.15) is 0 Å². The number of carbonyl (C=O) groups excluding carboxylic acids is 2. The monoisotopic (exact) mass is 338 g/mol. The first kappa shape index (κ1) is 18.6. The summed E-state index contributed by atoms with van der Waals surface area (Å²) in [6.07, 6.45) is 1.59. The van der Waals surface area contributed by atoms with E-state index in [1.165, 1.54) is 11.0 Å². The number of aromatic nitrogens is 3. The molecule has 0 atom stereocenters. The van der Waals surface area contributed by atoms with Gasteiger partial charge in [0, 0.05) is 19.5 Å². The highest BCUT2D eigenvalue weighted by atomic mass is 35.5. The number of hydrogen-bond acceptors (Lipinski definition) is 5. The van der Waals surface area contributed by atoms with Gasteiger partial charge in [0.25, 0.3) is 0 Å². The van der Waals surface area contributed by atoms with E-state index in [0.29, 0.717) is 6.54 Å². The van der Waals surface area contributed by atoms with Crippen molar-refractivity contribution in [2.75, 3.05) is 11.9 Å². The molecule has 8 nitrogen and oxygen atoms in total. The van der Waals surface area contributed by atoms with Crippen LogP contribution in [0.4, 0.5) is 5.95 Å². The van der Waals surface area contributed by atoms with Gasteiger partial charge in [0.2, 0.25) is 17.8 Å². The van der Waals surface area contributed by atoms with Crippen molar-refractivity contribution in [1.29, 1.82) is 0 Å². The molecule has 23 heavy (non-hydrogen) atoms. The minimum atomic E-state index is -0.256. The van der Waals surface area contributed by atoms with Gasteiger partial charge in [-0.05, 0) is 5.56 Å². The zero-order valence-corrected chi connectivity index (χ0v) is 13.3. The Morgan fingerprint density at radius 1 is 1.17 bits per heavy atom. The van der Waals surface area contributed by atoms with Crippen LogP contribution in [0.25, 0.3) is 0 Å². The van der Waals surface area contributed by atoms with Crippen LogP contribution in [0, 0.1) is 0 Å². The number of nitrogens with two attached hydrogens (primary N) is 1. The molecule has 1 aromatic carbocycles. The van der Waals surface area contributed by atoms with Crippen LogP contribution >= 0.6 is 12.4 Å². The molecule has 2 rings (SSSR count). The standard InChI is InChI=1S/C14H18N6O2.ClH/c15-7-6-12(21)18-14-17-10-20(19-14)9-13(22)16-8-11-4-2-1-3-5-11;/h1-5,10H,6-9,15H2,(H,16,22)(H,18,19,21);1H. The van der Waals surface area contributed by atoms with Crippen molar-refractivity contribution in [3.8, 4) is 0 Å². The van der Waals surface area contributed by atoms with E-state index in [2.05, 4.69) is 20.7 Å². The fourth-order valence-electron chi connectivity index (χ4n) is 1.75. The molecule has 9 heteroatoms. The normalized spacial score (nSPS) is 9.78. The molecule has 0 aliphatic heterocycles. The summed E-state index contributed by atoms with van der Waals surface area (Å²) in [5.41, 5.74) is 6.29. The molecule has 0 spiro atoms. The predicted molar refractivity (Wildman–Crippen MR) is 87.9 cm³/mol. The molecule has 0 radical (unpaired) electrons. The predicted octanol–water partition coefficient (Wildman–Crippen LogP) is 0.304. The van der Waals surface area contributed by atoms with E-state index in [-0.39, 0.29) is 49.7 Å². The van der Waals surface area contributed by atoms with Crippen LogP contribution in [0.1, 0.15) is 12.0 Å². The molecule has 2 aromatic rings. The SMILES string of the molecule is Cl.NCCC(=O)Nc1ncn(CC(=O)NCc2ccccc2)n1. The lowest BCUT2D eigenvalue weighted by atomic mass is 10.2. The number of halogens is 1. The van der Waals surface area contributed by atoms with Crippen LogP contribution in [-0.4, -0.2) is 33.1 Å². The maximum Gasteiger partial charge on any atom is 0.248 e. The summed E-state index contributed by atoms with van der Waals surface area (Å²) in [4.78, 5) is 27.1. The van der Waals surface area contributed by atoms with Gasteiger partial charge in [0.1, 0.15) is 12.9 Å². The average molecular weight is 339 g/mol. The first-order valence-electron chi connectivity index (χ1n) is 6.87. The van der Waals surface area contributed by atoms with Gasteiger partial charge in [-0.25, -0.2) is 9.67 Å². The Labute approximate surface area is 139 Å². The van der Waals surface area contributed by atoms with E-state index in [4.69, 9.17) is 5.73 Å². The first-order chi connectivity index (χ1) is 10.7. The number of nitrogens with zero attached hydrogens (tertiary/aromatic N) is 3. The molecule has 4 N–H and O–H groups in total. The lowest BCUT2D eigenvalue weighted by molar-refractivity contribution is -0.122. The van der Waals surface area contributed by atoms with E-state index >= 15 is 0 Å². The molecule has 0 aliphatic rings. The number of anilines is 1. The van der Waals surface area contributed by atoms with Crippen molar-refractivity contribution in [3.05, 3.63) is 42.2 Å². The van der Waals surface area contributed by atoms with Gasteiger partial charge >= 0.3 is 0 Å². The first-order valence-corrected chi connectivity index (χ1v) is 6.87. The third kappa shape index (κ3) is 6.45. The average Bonchev–Trinajstić information content (AvgIpc) is 2.93. The van der Waals surface area contributed by atoms with Crippen LogP contribution in [0.3, 0.4) is 0 Å². The minimum absolute atomic E-state index is 0. The van der Waals surface area contributed by atoms with Crippen molar-refractivity contribution in [1.82, 2.24) is 20.1 Å². The quantitative estimate of drug-likeness (QED) is 0.671. The van der Waals surface area contributed by atoms with Crippen molar-refractivity contribution >= 4 is 30.2 Å². The summed E-state index contributed by atoms with van der Waals surface area (Å²) in [7, 11) is 0. The number of benzene rings is 1. The van der Waals surface area contributed by atoms with Gasteiger partial charge in [-0.1, -0.05) is 30.3 Å². The van der Waals surface area contributed by atoms with Crippen LogP contribution < -0.4 is 16.4 Å². The Hall–Kier alpha value is -2.45. The van der Waals surface area contributed by atoms with Crippen molar-refractivity contribution < 1.29 is 9.59 Å². The second-order valence-corrected chi connectivity index (χ2v) is 4.61. The van der Waals surface area contributed by atoms with Gasteiger partial charge in [-0.15, -0.1) is 17.5 Å². The van der Waals surface area contributed by atoms with E-state index in [0.717, 1.165) is 5.56 Å².